The van der Waals surface area contributed by atoms with Crippen LogP contribution in [0.2, 0.25) is 0 Å². The van der Waals surface area contributed by atoms with Gasteiger partial charge in [0, 0.05) is 13.0 Å². The number of hydrogen-bond acceptors (Lipinski definition) is 2. The first-order chi connectivity index (χ1) is 5.22. The fourth-order valence-electron chi connectivity index (χ4n) is 0.973. The van der Waals surface area contributed by atoms with E-state index in [4.69, 9.17) is 0 Å². The van der Waals surface area contributed by atoms with Crippen LogP contribution in [-0.4, -0.2) is 29.7 Å². The molecule has 0 aliphatic carbocycles. The lowest BCUT2D eigenvalue weighted by molar-refractivity contribution is -0.119. The molecule has 4 nitrogen and oxygen atoms in total. The molecule has 1 unspecified atom stereocenters. The lowest BCUT2D eigenvalue weighted by atomic mass is 10.2. The zero-order valence-electron chi connectivity index (χ0n) is 5.89. The van der Waals surface area contributed by atoms with E-state index in [2.05, 4.69) is 26.6 Å². The highest BCUT2D eigenvalue weighted by atomic mass is 79.9. The Bertz CT molecular complexity index is 183. The highest BCUT2D eigenvalue weighted by molar-refractivity contribution is 9.09. The maximum Gasteiger partial charge on any atom is 0.230 e. The number of nitrogens with one attached hydrogen (secondary N) is 2. The summed E-state index contributed by atoms with van der Waals surface area (Å²) in [6.45, 7) is 0.553. The van der Waals surface area contributed by atoms with Gasteiger partial charge in [-0.3, -0.25) is 9.59 Å². The van der Waals surface area contributed by atoms with Crippen LogP contribution in [0, 0.1) is 0 Å². The van der Waals surface area contributed by atoms with Crippen molar-refractivity contribution < 1.29 is 9.59 Å². The maximum atomic E-state index is 10.8. The Morgan fingerprint density at radius 1 is 1.82 bits per heavy atom. The van der Waals surface area contributed by atoms with E-state index < -0.39 is 0 Å². The Labute approximate surface area is 72.8 Å². The van der Waals surface area contributed by atoms with Crippen LogP contribution in [0.5, 0.6) is 0 Å². The van der Waals surface area contributed by atoms with Crippen LogP contribution < -0.4 is 10.6 Å². The monoisotopic (exact) mass is 220 g/mol. The summed E-state index contributed by atoms with van der Waals surface area (Å²) in [7, 11) is 0. The average molecular weight is 221 g/mol. The topological polar surface area (TPSA) is 58.2 Å². The summed E-state index contributed by atoms with van der Waals surface area (Å²) in [5.74, 6) is -0.0728. The second kappa shape index (κ2) is 3.71. The number of carbonyl (C=O) groups excluding carboxylic acids is 2. The van der Waals surface area contributed by atoms with Crippen molar-refractivity contribution in [3.63, 3.8) is 0 Å². The fraction of sp³-hybridized carbons (Fsp3) is 0.667. The summed E-state index contributed by atoms with van der Waals surface area (Å²) in [4.78, 5) is 21.4. The standard InChI is InChI=1S/C6H9BrN2O2/c7-2-6(11)9-4-1-5(10)8-3-4/h4H,1-3H2,(H,8,10)(H,9,11). The second-order valence-electron chi connectivity index (χ2n) is 2.41. The van der Waals surface area contributed by atoms with E-state index in [9.17, 15) is 9.59 Å². The highest BCUT2D eigenvalue weighted by Gasteiger charge is 2.21. The predicted octanol–water partition coefficient (Wildman–Crippen LogP) is -0.614. The number of halogens is 1. The quantitative estimate of drug-likeness (QED) is 0.611. The second-order valence-corrected chi connectivity index (χ2v) is 2.97. The number of amides is 2. The van der Waals surface area contributed by atoms with Crippen molar-refractivity contribution >= 4 is 27.7 Å². The molecule has 1 heterocycles. The van der Waals surface area contributed by atoms with Crippen LogP contribution in [0.3, 0.4) is 0 Å². The molecule has 0 radical (unpaired) electrons. The van der Waals surface area contributed by atoms with Crippen molar-refractivity contribution in [3.8, 4) is 0 Å². The molecule has 0 spiro atoms. The molecule has 1 fully saturated rings. The molecule has 0 aromatic carbocycles. The third-order valence-electron chi connectivity index (χ3n) is 1.46. The number of carbonyl (C=O) groups is 2. The van der Waals surface area contributed by atoms with Gasteiger partial charge in [0.05, 0.1) is 11.4 Å². The fourth-order valence-corrected chi connectivity index (χ4v) is 1.14. The van der Waals surface area contributed by atoms with Gasteiger partial charge in [0.25, 0.3) is 0 Å². The zero-order valence-corrected chi connectivity index (χ0v) is 7.48. The Kier molecular flexibility index (Phi) is 2.87. The summed E-state index contributed by atoms with van der Waals surface area (Å²) in [5, 5.41) is 5.61. The van der Waals surface area contributed by atoms with E-state index in [1.807, 2.05) is 0 Å². The van der Waals surface area contributed by atoms with Gasteiger partial charge >= 0.3 is 0 Å². The molecular weight excluding hydrogens is 212 g/mol. The van der Waals surface area contributed by atoms with Crippen LogP contribution >= 0.6 is 15.9 Å². The van der Waals surface area contributed by atoms with Gasteiger partial charge in [-0.25, -0.2) is 0 Å². The van der Waals surface area contributed by atoms with Crippen molar-refractivity contribution in [2.24, 2.45) is 0 Å². The summed E-state index contributed by atoms with van der Waals surface area (Å²) in [6, 6.07) is -0.0208. The van der Waals surface area contributed by atoms with Gasteiger partial charge in [0.15, 0.2) is 0 Å². The molecule has 0 bridgehead atoms. The minimum Gasteiger partial charge on any atom is -0.354 e. The predicted molar refractivity (Wildman–Crippen MR) is 43.4 cm³/mol. The largest absolute Gasteiger partial charge is 0.354 e. The van der Waals surface area contributed by atoms with Crippen LogP contribution in [0.25, 0.3) is 0 Å². The Balaban J connectivity index is 2.28. The van der Waals surface area contributed by atoms with Gasteiger partial charge in [-0.1, -0.05) is 15.9 Å². The smallest absolute Gasteiger partial charge is 0.230 e. The summed E-state index contributed by atoms with van der Waals surface area (Å²) in [6.07, 6.45) is 0.402. The van der Waals surface area contributed by atoms with Gasteiger partial charge in [0.2, 0.25) is 11.8 Å². The number of hydrogen-bond donors (Lipinski definition) is 2. The third kappa shape index (κ3) is 2.49. The van der Waals surface area contributed by atoms with Crippen molar-refractivity contribution in [2.45, 2.75) is 12.5 Å². The first-order valence-electron chi connectivity index (χ1n) is 3.34. The number of alkyl halides is 1. The maximum absolute atomic E-state index is 10.8. The van der Waals surface area contributed by atoms with E-state index in [1.54, 1.807) is 0 Å². The van der Waals surface area contributed by atoms with Gasteiger partial charge in [-0.05, 0) is 0 Å². The molecule has 0 aromatic rings. The van der Waals surface area contributed by atoms with Crippen molar-refractivity contribution in [1.82, 2.24) is 10.6 Å². The van der Waals surface area contributed by atoms with E-state index in [-0.39, 0.29) is 23.2 Å². The molecule has 2 N–H and O–H groups in total. The minimum atomic E-state index is -0.0773. The summed E-state index contributed by atoms with van der Waals surface area (Å²) in [5.41, 5.74) is 0. The number of rotatable bonds is 2. The molecule has 0 saturated carbocycles. The van der Waals surface area contributed by atoms with Gasteiger partial charge in [0.1, 0.15) is 0 Å². The van der Waals surface area contributed by atoms with Crippen LogP contribution in [0.4, 0.5) is 0 Å². The SMILES string of the molecule is O=C1CC(NC(=O)CBr)CN1. The molecule has 62 valence electrons. The van der Waals surface area contributed by atoms with E-state index in [0.717, 1.165) is 0 Å². The van der Waals surface area contributed by atoms with Crippen LogP contribution in [0.15, 0.2) is 0 Å². The first-order valence-corrected chi connectivity index (χ1v) is 4.46. The van der Waals surface area contributed by atoms with E-state index in [1.165, 1.54) is 0 Å². The normalized spacial score (nSPS) is 23.0. The Morgan fingerprint density at radius 3 is 3.00 bits per heavy atom. The average Bonchev–Trinajstić information content (AvgIpc) is 2.35. The molecule has 0 aromatic heterocycles. The van der Waals surface area contributed by atoms with E-state index >= 15 is 0 Å². The molecule has 1 aliphatic rings. The van der Waals surface area contributed by atoms with Crippen LogP contribution in [-0.2, 0) is 9.59 Å². The third-order valence-corrected chi connectivity index (χ3v) is 1.97. The summed E-state index contributed by atoms with van der Waals surface area (Å²) >= 11 is 3.02. The lowest BCUT2D eigenvalue weighted by Crippen LogP contribution is -2.36. The van der Waals surface area contributed by atoms with Gasteiger partial charge in [-0.15, -0.1) is 0 Å². The molecule has 1 atom stereocenters. The highest BCUT2D eigenvalue weighted by Crippen LogP contribution is 1.98. The molecule has 5 heteroatoms. The molecule has 1 saturated heterocycles. The van der Waals surface area contributed by atoms with Crippen LogP contribution in [0.1, 0.15) is 6.42 Å². The molecule has 2 amide bonds. The molecule has 11 heavy (non-hydrogen) atoms. The molecule has 1 rings (SSSR count). The molecule has 1 aliphatic heterocycles. The zero-order chi connectivity index (χ0) is 8.27. The van der Waals surface area contributed by atoms with Crippen molar-refractivity contribution in [3.05, 3.63) is 0 Å². The molecular formula is C6H9BrN2O2. The van der Waals surface area contributed by atoms with Gasteiger partial charge in [-0.2, -0.15) is 0 Å². The van der Waals surface area contributed by atoms with Crippen molar-refractivity contribution in [2.75, 3.05) is 11.9 Å². The first kappa shape index (κ1) is 8.52. The summed E-state index contributed by atoms with van der Waals surface area (Å²) < 4.78 is 0. The van der Waals surface area contributed by atoms with Crippen molar-refractivity contribution in [1.29, 1.82) is 0 Å². The lowest BCUT2D eigenvalue weighted by Gasteiger charge is -2.07. The Hall–Kier alpha value is -0.580. The van der Waals surface area contributed by atoms with E-state index in [0.29, 0.717) is 13.0 Å². The Morgan fingerprint density at radius 2 is 2.55 bits per heavy atom. The van der Waals surface area contributed by atoms with Gasteiger partial charge < -0.3 is 10.6 Å². The minimum absolute atomic E-state index is 0.00451.